The average Bonchev–Trinajstić information content (AvgIpc) is 2.81. The summed E-state index contributed by atoms with van der Waals surface area (Å²) in [7, 11) is 0. The molecule has 0 aliphatic carbocycles. The Balaban J connectivity index is 0.00000256. The van der Waals surface area contributed by atoms with Crippen molar-refractivity contribution in [1.29, 1.82) is 0 Å². The second kappa shape index (κ2) is 10.6. The molecule has 1 unspecified atom stereocenters. The van der Waals surface area contributed by atoms with Gasteiger partial charge in [-0.25, -0.2) is 4.98 Å². The van der Waals surface area contributed by atoms with Crippen molar-refractivity contribution in [3.05, 3.63) is 18.7 Å². The molecule has 2 nitrogen and oxygen atoms in total. The van der Waals surface area contributed by atoms with Crippen LogP contribution in [-0.2, 0) is 0 Å². The first kappa shape index (κ1) is 16.5. The number of halogens is 1. The zero-order valence-corrected chi connectivity index (χ0v) is 12.1. The van der Waals surface area contributed by atoms with E-state index in [0.29, 0.717) is 6.04 Å². The van der Waals surface area contributed by atoms with Crippen molar-refractivity contribution in [3.8, 4) is 0 Å². The molecular weight excluding hydrogens is 232 g/mol. The number of hydrogen-bond acceptors (Lipinski definition) is 1. The lowest BCUT2D eigenvalue weighted by molar-refractivity contribution is 0.466. The Hall–Kier alpha value is -0.500. The first-order chi connectivity index (χ1) is 7.84. The molecule has 17 heavy (non-hydrogen) atoms. The fourth-order valence-corrected chi connectivity index (χ4v) is 2.08. The van der Waals surface area contributed by atoms with E-state index in [1.54, 1.807) is 0 Å². The number of imidazole rings is 1. The average molecular weight is 259 g/mol. The summed E-state index contributed by atoms with van der Waals surface area (Å²) in [5.74, 6) is 0. The lowest BCUT2D eigenvalue weighted by Gasteiger charge is -2.12. The first-order valence-corrected chi connectivity index (χ1v) is 6.82. The maximum atomic E-state index is 4.08. The molecule has 0 radical (unpaired) electrons. The molecule has 3 heteroatoms. The molecule has 0 amide bonds. The van der Waals surface area contributed by atoms with E-state index in [1.807, 2.05) is 12.5 Å². The van der Waals surface area contributed by atoms with Crippen molar-refractivity contribution in [3.63, 3.8) is 0 Å². The summed E-state index contributed by atoms with van der Waals surface area (Å²) < 4.78 is 2.21. The molecule has 0 aliphatic heterocycles. The highest BCUT2D eigenvalue weighted by Gasteiger charge is 2.02. The van der Waals surface area contributed by atoms with Gasteiger partial charge in [0.05, 0.1) is 6.33 Å². The summed E-state index contributed by atoms with van der Waals surface area (Å²) in [5.41, 5.74) is 0. The maximum absolute atomic E-state index is 4.08. The van der Waals surface area contributed by atoms with Crippen LogP contribution in [0.2, 0.25) is 0 Å². The zero-order chi connectivity index (χ0) is 11.6. The predicted octanol–water partition coefficient (Wildman–Crippen LogP) is 5.01. The van der Waals surface area contributed by atoms with Gasteiger partial charge >= 0.3 is 0 Å². The van der Waals surface area contributed by atoms with Gasteiger partial charge in [0.1, 0.15) is 0 Å². The summed E-state index contributed by atoms with van der Waals surface area (Å²) >= 11 is 0. The number of aromatic nitrogens is 2. The molecule has 1 heterocycles. The molecule has 0 bridgehead atoms. The van der Waals surface area contributed by atoms with E-state index >= 15 is 0 Å². The van der Waals surface area contributed by atoms with Crippen LogP contribution < -0.4 is 0 Å². The van der Waals surface area contributed by atoms with E-state index in [2.05, 4.69) is 29.6 Å². The lowest BCUT2D eigenvalue weighted by atomic mass is 10.1. The second-order valence-corrected chi connectivity index (χ2v) is 4.77. The number of hydrogen-bond donors (Lipinski definition) is 0. The molecule has 0 aromatic carbocycles. The Morgan fingerprint density at radius 3 is 2.29 bits per heavy atom. The van der Waals surface area contributed by atoms with Crippen LogP contribution >= 0.6 is 12.4 Å². The second-order valence-electron chi connectivity index (χ2n) is 4.77. The Bertz CT molecular complexity index is 247. The summed E-state index contributed by atoms with van der Waals surface area (Å²) in [5, 5.41) is 0. The highest BCUT2D eigenvalue weighted by molar-refractivity contribution is 5.85. The van der Waals surface area contributed by atoms with Crippen molar-refractivity contribution >= 4 is 12.4 Å². The van der Waals surface area contributed by atoms with Crippen LogP contribution in [0.3, 0.4) is 0 Å². The first-order valence-electron chi connectivity index (χ1n) is 6.82. The van der Waals surface area contributed by atoms with Crippen LogP contribution in [0.25, 0.3) is 0 Å². The molecule has 1 aromatic heterocycles. The van der Waals surface area contributed by atoms with Gasteiger partial charge in [0, 0.05) is 18.4 Å². The van der Waals surface area contributed by atoms with E-state index in [0.717, 1.165) is 0 Å². The van der Waals surface area contributed by atoms with Crippen molar-refractivity contribution in [2.45, 2.75) is 71.3 Å². The fourth-order valence-electron chi connectivity index (χ4n) is 2.08. The van der Waals surface area contributed by atoms with Gasteiger partial charge in [-0.15, -0.1) is 12.4 Å². The molecule has 100 valence electrons. The van der Waals surface area contributed by atoms with Gasteiger partial charge in [-0.3, -0.25) is 0 Å². The lowest BCUT2D eigenvalue weighted by Crippen LogP contribution is -2.01. The van der Waals surface area contributed by atoms with Gasteiger partial charge in [-0.1, -0.05) is 51.9 Å². The van der Waals surface area contributed by atoms with Crippen LogP contribution in [0, 0.1) is 0 Å². The van der Waals surface area contributed by atoms with Gasteiger partial charge in [-0.05, 0) is 13.3 Å². The molecular formula is C14H27ClN2. The topological polar surface area (TPSA) is 17.8 Å². The predicted molar refractivity (Wildman–Crippen MR) is 76.8 cm³/mol. The maximum Gasteiger partial charge on any atom is 0.0948 e. The molecule has 0 saturated heterocycles. The van der Waals surface area contributed by atoms with Gasteiger partial charge in [0.2, 0.25) is 0 Å². The van der Waals surface area contributed by atoms with Crippen molar-refractivity contribution in [2.24, 2.45) is 0 Å². The normalized spacial score (nSPS) is 12.1. The van der Waals surface area contributed by atoms with E-state index in [-0.39, 0.29) is 12.4 Å². The van der Waals surface area contributed by atoms with Gasteiger partial charge in [0.15, 0.2) is 0 Å². The van der Waals surface area contributed by atoms with E-state index in [4.69, 9.17) is 0 Å². The van der Waals surface area contributed by atoms with Gasteiger partial charge in [-0.2, -0.15) is 0 Å². The van der Waals surface area contributed by atoms with Gasteiger partial charge in [0.25, 0.3) is 0 Å². The molecule has 0 saturated carbocycles. The van der Waals surface area contributed by atoms with Crippen LogP contribution in [0.15, 0.2) is 18.7 Å². The molecule has 0 spiro atoms. The van der Waals surface area contributed by atoms with E-state index in [9.17, 15) is 0 Å². The quantitative estimate of drug-likeness (QED) is 0.570. The summed E-state index contributed by atoms with van der Waals surface area (Å²) in [4.78, 5) is 4.08. The molecule has 0 aliphatic rings. The Morgan fingerprint density at radius 2 is 1.71 bits per heavy atom. The van der Waals surface area contributed by atoms with Crippen molar-refractivity contribution < 1.29 is 0 Å². The number of rotatable bonds is 9. The molecule has 1 rings (SSSR count). The SMILES string of the molecule is CCCCCCCCCC(C)n1ccnc1.Cl. The fraction of sp³-hybridized carbons (Fsp3) is 0.786. The molecule has 0 N–H and O–H groups in total. The Labute approximate surface area is 112 Å². The molecule has 0 fully saturated rings. The smallest absolute Gasteiger partial charge is 0.0948 e. The highest BCUT2D eigenvalue weighted by atomic mass is 35.5. The number of unbranched alkanes of at least 4 members (excludes halogenated alkanes) is 6. The van der Waals surface area contributed by atoms with E-state index in [1.165, 1.54) is 51.4 Å². The third-order valence-corrected chi connectivity index (χ3v) is 3.26. The van der Waals surface area contributed by atoms with Crippen molar-refractivity contribution in [2.75, 3.05) is 0 Å². The van der Waals surface area contributed by atoms with Gasteiger partial charge < -0.3 is 4.57 Å². The zero-order valence-electron chi connectivity index (χ0n) is 11.3. The summed E-state index contributed by atoms with van der Waals surface area (Å²) in [6.07, 6.45) is 16.9. The number of nitrogens with zero attached hydrogens (tertiary/aromatic N) is 2. The van der Waals surface area contributed by atoms with Crippen LogP contribution in [-0.4, -0.2) is 9.55 Å². The minimum Gasteiger partial charge on any atom is -0.335 e. The third kappa shape index (κ3) is 7.43. The Kier molecular flexibility index (Phi) is 10.3. The molecule has 1 aromatic rings. The minimum absolute atomic E-state index is 0. The standard InChI is InChI=1S/C14H26N2.ClH/c1-3-4-5-6-7-8-9-10-14(2)16-12-11-15-13-16;/h11-14H,3-10H2,1-2H3;1H. The van der Waals surface area contributed by atoms with E-state index < -0.39 is 0 Å². The largest absolute Gasteiger partial charge is 0.335 e. The van der Waals surface area contributed by atoms with Crippen LogP contribution in [0.1, 0.15) is 71.3 Å². The minimum atomic E-state index is 0. The summed E-state index contributed by atoms with van der Waals surface area (Å²) in [6.45, 7) is 4.55. The summed E-state index contributed by atoms with van der Waals surface area (Å²) in [6, 6.07) is 0.609. The van der Waals surface area contributed by atoms with Crippen LogP contribution in [0.4, 0.5) is 0 Å². The van der Waals surface area contributed by atoms with Crippen LogP contribution in [0.5, 0.6) is 0 Å². The highest BCUT2D eigenvalue weighted by Crippen LogP contribution is 2.15. The monoisotopic (exact) mass is 258 g/mol. The molecule has 1 atom stereocenters. The van der Waals surface area contributed by atoms with Crippen molar-refractivity contribution in [1.82, 2.24) is 9.55 Å². The Morgan fingerprint density at radius 1 is 1.06 bits per heavy atom. The third-order valence-electron chi connectivity index (χ3n) is 3.26.